The van der Waals surface area contributed by atoms with Crippen LogP contribution >= 0.6 is 47.0 Å². The van der Waals surface area contributed by atoms with Crippen LogP contribution in [-0.4, -0.2) is 4.99 Å². The van der Waals surface area contributed by atoms with Crippen LogP contribution < -0.4 is 10.5 Å². The molecule has 98 valence electrons. The van der Waals surface area contributed by atoms with Gasteiger partial charge in [-0.2, -0.15) is 0 Å². The van der Waals surface area contributed by atoms with Crippen molar-refractivity contribution in [2.24, 2.45) is 5.73 Å². The van der Waals surface area contributed by atoms with Gasteiger partial charge in [-0.3, -0.25) is 0 Å². The number of halogens is 3. The average Bonchev–Trinajstić information content (AvgIpc) is 2.33. The van der Waals surface area contributed by atoms with Crippen molar-refractivity contribution >= 4 is 52.0 Å². The number of hydrogen-bond donors (Lipinski definition) is 1. The van der Waals surface area contributed by atoms with Gasteiger partial charge in [-0.15, -0.1) is 0 Å². The summed E-state index contributed by atoms with van der Waals surface area (Å²) in [5.74, 6) is 0.845. The number of ether oxygens (including phenoxy) is 1. The summed E-state index contributed by atoms with van der Waals surface area (Å²) in [4.78, 5) is 0.213. The van der Waals surface area contributed by atoms with E-state index in [0.29, 0.717) is 32.1 Å². The summed E-state index contributed by atoms with van der Waals surface area (Å²) in [6.45, 7) is 0. The van der Waals surface area contributed by atoms with E-state index in [0.717, 1.165) is 0 Å². The van der Waals surface area contributed by atoms with Gasteiger partial charge in [-0.1, -0.05) is 47.0 Å². The number of nitrogens with two attached hydrogens (primary N) is 1. The van der Waals surface area contributed by atoms with Crippen molar-refractivity contribution in [3.8, 4) is 11.5 Å². The van der Waals surface area contributed by atoms with Gasteiger partial charge in [0.25, 0.3) is 0 Å². The first-order valence-corrected chi connectivity index (χ1v) is 6.74. The van der Waals surface area contributed by atoms with E-state index in [9.17, 15) is 0 Å². The lowest BCUT2D eigenvalue weighted by molar-refractivity contribution is 0.482. The maximum Gasteiger partial charge on any atom is 0.147 e. The minimum atomic E-state index is 0.213. The molecule has 0 spiro atoms. The zero-order valence-electron chi connectivity index (χ0n) is 9.49. The first kappa shape index (κ1) is 14.4. The Kier molecular flexibility index (Phi) is 4.53. The molecule has 0 saturated heterocycles. The van der Waals surface area contributed by atoms with E-state index in [1.54, 1.807) is 36.4 Å². The van der Waals surface area contributed by atoms with Crippen LogP contribution in [0.4, 0.5) is 0 Å². The Labute approximate surface area is 131 Å². The first-order valence-electron chi connectivity index (χ1n) is 5.19. The quantitative estimate of drug-likeness (QED) is 0.797. The van der Waals surface area contributed by atoms with E-state index in [-0.39, 0.29) is 4.99 Å². The fourth-order valence-electron chi connectivity index (χ4n) is 1.46. The van der Waals surface area contributed by atoms with Crippen molar-refractivity contribution in [1.82, 2.24) is 0 Å². The maximum atomic E-state index is 6.04. The molecule has 0 radical (unpaired) electrons. The van der Waals surface area contributed by atoms with E-state index in [2.05, 4.69) is 0 Å². The van der Waals surface area contributed by atoms with Crippen molar-refractivity contribution in [1.29, 1.82) is 0 Å². The van der Waals surface area contributed by atoms with E-state index >= 15 is 0 Å². The van der Waals surface area contributed by atoms with Crippen LogP contribution in [0.1, 0.15) is 5.56 Å². The molecule has 2 aromatic rings. The molecule has 0 bridgehead atoms. The van der Waals surface area contributed by atoms with Gasteiger partial charge in [-0.05, 0) is 24.3 Å². The van der Waals surface area contributed by atoms with Crippen LogP contribution in [0.5, 0.6) is 11.5 Å². The molecule has 0 aliphatic heterocycles. The SMILES string of the molecule is NC(=S)c1ccc(Cl)cc1Oc1cc(Cl)ccc1Cl. The molecule has 2 nitrogen and oxygen atoms in total. The Morgan fingerprint density at radius 3 is 2.16 bits per heavy atom. The van der Waals surface area contributed by atoms with Gasteiger partial charge in [0.1, 0.15) is 16.5 Å². The fraction of sp³-hybridized carbons (Fsp3) is 0. The third-order valence-corrected chi connectivity index (χ3v) is 3.32. The van der Waals surface area contributed by atoms with Gasteiger partial charge in [0.05, 0.1) is 10.6 Å². The normalized spacial score (nSPS) is 10.3. The predicted molar refractivity (Wildman–Crippen MR) is 83.9 cm³/mol. The topological polar surface area (TPSA) is 35.2 Å². The highest BCUT2D eigenvalue weighted by molar-refractivity contribution is 7.80. The minimum absolute atomic E-state index is 0.213. The second-order valence-corrected chi connectivity index (χ2v) is 5.40. The number of rotatable bonds is 3. The summed E-state index contributed by atoms with van der Waals surface area (Å²) in [7, 11) is 0. The standard InChI is InChI=1S/C13H8Cl3NOS/c14-7-1-3-9(13(17)19)11(5-7)18-12-6-8(15)2-4-10(12)16/h1-6H,(H2,17,19). The van der Waals surface area contributed by atoms with E-state index < -0.39 is 0 Å². The first-order chi connectivity index (χ1) is 8.97. The highest BCUT2D eigenvalue weighted by atomic mass is 35.5. The Morgan fingerprint density at radius 2 is 1.53 bits per heavy atom. The van der Waals surface area contributed by atoms with E-state index in [1.165, 1.54) is 0 Å². The highest BCUT2D eigenvalue weighted by Crippen LogP contribution is 2.34. The van der Waals surface area contributed by atoms with Crippen molar-refractivity contribution in [3.63, 3.8) is 0 Å². The van der Waals surface area contributed by atoms with Crippen molar-refractivity contribution in [2.45, 2.75) is 0 Å². The van der Waals surface area contributed by atoms with Gasteiger partial charge in [-0.25, -0.2) is 0 Å². The molecule has 0 aliphatic rings. The van der Waals surface area contributed by atoms with Crippen molar-refractivity contribution in [2.75, 3.05) is 0 Å². The molecule has 6 heteroatoms. The van der Waals surface area contributed by atoms with Crippen molar-refractivity contribution in [3.05, 3.63) is 57.0 Å². The number of hydrogen-bond acceptors (Lipinski definition) is 2. The van der Waals surface area contributed by atoms with E-state index in [1.807, 2.05) is 0 Å². The van der Waals surface area contributed by atoms with Crippen LogP contribution in [0.25, 0.3) is 0 Å². The van der Waals surface area contributed by atoms with Crippen LogP contribution in [0.15, 0.2) is 36.4 Å². The molecular weight excluding hydrogens is 325 g/mol. The molecule has 19 heavy (non-hydrogen) atoms. The highest BCUT2D eigenvalue weighted by Gasteiger charge is 2.11. The van der Waals surface area contributed by atoms with Gasteiger partial charge in [0.15, 0.2) is 0 Å². The minimum Gasteiger partial charge on any atom is -0.455 e. The molecule has 2 aromatic carbocycles. The Bertz CT molecular complexity index is 646. The molecule has 0 aliphatic carbocycles. The summed E-state index contributed by atoms with van der Waals surface area (Å²) < 4.78 is 5.69. The summed E-state index contributed by atoms with van der Waals surface area (Å²) in [5, 5.41) is 1.45. The molecule has 0 unspecified atom stereocenters. The van der Waals surface area contributed by atoms with Crippen LogP contribution in [0.3, 0.4) is 0 Å². The molecule has 0 aromatic heterocycles. The Hall–Kier alpha value is -1.000. The fourth-order valence-corrected chi connectivity index (χ4v) is 2.11. The average molecular weight is 333 g/mol. The van der Waals surface area contributed by atoms with Crippen LogP contribution in [0, 0.1) is 0 Å². The van der Waals surface area contributed by atoms with Gasteiger partial charge in [0, 0.05) is 22.2 Å². The zero-order chi connectivity index (χ0) is 14.0. The molecule has 0 heterocycles. The third-order valence-electron chi connectivity index (χ3n) is 2.32. The molecule has 0 atom stereocenters. The zero-order valence-corrected chi connectivity index (χ0v) is 12.6. The van der Waals surface area contributed by atoms with Gasteiger partial charge < -0.3 is 10.5 Å². The summed E-state index contributed by atoms with van der Waals surface area (Å²) in [5.41, 5.74) is 6.21. The molecule has 2 rings (SSSR count). The molecule has 0 fully saturated rings. The summed E-state index contributed by atoms with van der Waals surface area (Å²) >= 11 is 22.8. The van der Waals surface area contributed by atoms with Gasteiger partial charge in [0.2, 0.25) is 0 Å². The monoisotopic (exact) mass is 331 g/mol. The smallest absolute Gasteiger partial charge is 0.147 e. The predicted octanol–water partition coefficient (Wildman–Crippen LogP) is 5.07. The second kappa shape index (κ2) is 5.97. The van der Waals surface area contributed by atoms with Crippen LogP contribution in [-0.2, 0) is 0 Å². The van der Waals surface area contributed by atoms with E-state index in [4.69, 9.17) is 57.5 Å². The lowest BCUT2D eigenvalue weighted by Gasteiger charge is -2.12. The molecule has 0 saturated carbocycles. The molecular formula is C13H8Cl3NOS. The van der Waals surface area contributed by atoms with Crippen LogP contribution in [0.2, 0.25) is 15.1 Å². The number of benzene rings is 2. The Balaban J connectivity index is 2.45. The Morgan fingerprint density at radius 1 is 0.947 bits per heavy atom. The summed E-state index contributed by atoms with van der Waals surface area (Å²) in [6, 6.07) is 9.91. The molecule has 2 N–H and O–H groups in total. The maximum absolute atomic E-state index is 6.04. The summed E-state index contributed by atoms with van der Waals surface area (Å²) in [6.07, 6.45) is 0. The second-order valence-electron chi connectivity index (χ2n) is 3.68. The van der Waals surface area contributed by atoms with Crippen molar-refractivity contribution < 1.29 is 4.74 Å². The largest absolute Gasteiger partial charge is 0.455 e. The third kappa shape index (κ3) is 3.51. The number of thiocarbonyl (C=S) groups is 1. The van der Waals surface area contributed by atoms with Gasteiger partial charge >= 0.3 is 0 Å². The lowest BCUT2D eigenvalue weighted by Crippen LogP contribution is -2.10. The lowest BCUT2D eigenvalue weighted by atomic mass is 10.2. The molecule has 0 amide bonds.